The molecule has 19 heavy (non-hydrogen) atoms. The Balaban J connectivity index is 2.72. The fraction of sp³-hybridized carbons (Fsp3) is 0.500. The summed E-state index contributed by atoms with van der Waals surface area (Å²) < 4.78 is 52.3. The number of hydrogen-bond donors (Lipinski definition) is 1. The summed E-state index contributed by atoms with van der Waals surface area (Å²) in [6.07, 6.45) is 0. The van der Waals surface area contributed by atoms with Crippen molar-refractivity contribution in [3.63, 3.8) is 0 Å². The molecular formula is C12H17F2NO3S. The number of anilines is 1. The maximum absolute atomic E-state index is 12.3. The van der Waals surface area contributed by atoms with Gasteiger partial charge in [-0.2, -0.15) is 8.78 Å². The molecule has 1 atom stereocenters. The third kappa shape index (κ3) is 4.43. The third-order valence-corrected chi connectivity index (χ3v) is 3.80. The molecule has 4 nitrogen and oxygen atoms in total. The molecule has 0 aromatic heterocycles. The van der Waals surface area contributed by atoms with Crippen molar-refractivity contribution in [1.82, 2.24) is 0 Å². The van der Waals surface area contributed by atoms with E-state index in [1.165, 1.54) is 12.1 Å². The second-order valence-corrected chi connectivity index (χ2v) is 5.95. The summed E-state index contributed by atoms with van der Waals surface area (Å²) in [6, 6.07) is 5.28. The third-order valence-electron chi connectivity index (χ3n) is 2.40. The zero-order valence-electron chi connectivity index (χ0n) is 10.8. The number of halogens is 2. The van der Waals surface area contributed by atoms with Crippen LogP contribution in [0.25, 0.3) is 0 Å². The molecule has 0 radical (unpaired) electrons. The average molecular weight is 293 g/mol. The number of hydrogen-bond acceptors (Lipinski definition) is 4. The van der Waals surface area contributed by atoms with Crippen LogP contribution < -0.4 is 5.32 Å². The van der Waals surface area contributed by atoms with E-state index in [1.807, 2.05) is 13.8 Å². The van der Waals surface area contributed by atoms with E-state index in [9.17, 15) is 17.2 Å². The van der Waals surface area contributed by atoms with Crippen molar-refractivity contribution in [2.75, 3.05) is 18.5 Å². The Kier molecular flexibility index (Phi) is 5.68. The van der Waals surface area contributed by atoms with E-state index in [0.29, 0.717) is 18.9 Å². The fourth-order valence-electron chi connectivity index (χ4n) is 1.46. The highest BCUT2D eigenvalue weighted by Crippen LogP contribution is 2.20. The fourth-order valence-corrected chi connectivity index (χ4v) is 2.19. The molecule has 0 fully saturated rings. The van der Waals surface area contributed by atoms with Gasteiger partial charge in [0.15, 0.2) is 0 Å². The molecular weight excluding hydrogens is 276 g/mol. The molecule has 0 heterocycles. The Morgan fingerprint density at radius 1 is 1.26 bits per heavy atom. The van der Waals surface area contributed by atoms with Gasteiger partial charge in [0, 0.05) is 18.3 Å². The monoisotopic (exact) mass is 293 g/mol. The van der Waals surface area contributed by atoms with Gasteiger partial charge in [-0.25, -0.2) is 8.42 Å². The molecule has 0 saturated carbocycles. The van der Waals surface area contributed by atoms with Crippen molar-refractivity contribution in [1.29, 1.82) is 0 Å². The van der Waals surface area contributed by atoms with E-state index < -0.39 is 15.6 Å². The van der Waals surface area contributed by atoms with Gasteiger partial charge in [-0.05, 0) is 38.1 Å². The van der Waals surface area contributed by atoms with E-state index in [2.05, 4.69) is 5.32 Å². The first-order valence-corrected chi connectivity index (χ1v) is 7.39. The first-order chi connectivity index (χ1) is 8.87. The summed E-state index contributed by atoms with van der Waals surface area (Å²) in [5.41, 5.74) is 0.653. The van der Waals surface area contributed by atoms with Crippen LogP contribution in [0.1, 0.15) is 13.8 Å². The van der Waals surface area contributed by atoms with Crippen LogP contribution >= 0.6 is 0 Å². The van der Waals surface area contributed by atoms with Gasteiger partial charge < -0.3 is 10.1 Å². The Labute approximate surface area is 111 Å². The van der Waals surface area contributed by atoms with Crippen molar-refractivity contribution >= 4 is 15.5 Å². The summed E-state index contributed by atoms with van der Waals surface area (Å²) in [6.45, 7) is 4.90. The van der Waals surface area contributed by atoms with Gasteiger partial charge in [-0.1, -0.05) is 0 Å². The molecule has 0 aliphatic heterocycles. The Hall–Kier alpha value is -1.21. The largest absolute Gasteiger partial charge is 0.380 e. The van der Waals surface area contributed by atoms with Gasteiger partial charge in [0.1, 0.15) is 0 Å². The van der Waals surface area contributed by atoms with Crippen LogP contribution in [-0.4, -0.2) is 33.4 Å². The molecule has 0 aliphatic carbocycles. The number of alkyl halides is 2. The van der Waals surface area contributed by atoms with Crippen LogP contribution in [0.15, 0.2) is 29.2 Å². The van der Waals surface area contributed by atoms with Crippen molar-refractivity contribution in [2.45, 2.75) is 30.5 Å². The Bertz CT molecular complexity index is 488. The first kappa shape index (κ1) is 15.8. The molecule has 1 unspecified atom stereocenters. The van der Waals surface area contributed by atoms with E-state index in [4.69, 9.17) is 4.74 Å². The van der Waals surface area contributed by atoms with Crippen molar-refractivity contribution in [3.05, 3.63) is 24.3 Å². The highest BCUT2D eigenvalue weighted by molar-refractivity contribution is 7.91. The van der Waals surface area contributed by atoms with Crippen LogP contribution in [0.2, 0.25) is 0 Å². The average Bonchev–Trinajstić information content (AvgIpc) is 2.36. The van der Waals surface area contributed by atoms with Gasteiger partial charge in [-0.15, -0.1) is 0 Å². The quantitative estimate of drug-likeness (QED) is 0.839. The maximum Gasteiger partial charge on any atom is 0.341 e. The molecule has 1 aromatic carbocycles. The standard InChI is InChI=1S/C12H17F2NO3S/c1-3-18-8-9(2)15-10-4-6-11(7-5-10)19(16,17)12(13)14/h4-7,9,12,15H,3,8H2,1-2H3. The maximum atomic E-state index is 12.3. The minimum Gasteiger partial charge on any atom is -0.380 e. The van der Waals surface area contributed by atoms with Gasteiger partial charge >= 0.3 is 5.76 Å². The molecule has 1 rings (SSSR count). The number of rotatable bonds is 7. The number of benzene rings is 1. The SMILES string of the molecule is CCOCC(C)Nc1ccc(S(=O)(=O)C(F)F)cc1. The van der Waals surface area contributed by atoms with Crippen LogP contribution in [-0.2, 0) is 14.6 Å². The zero-order valence-corrected chi connectivity index (χ0v) is 11.6. The predicted octanol–water partition coefficient (Wildman–Crippen LogP) is 2.52. The van der Waals surface area contributed by atoms with Crippen LogP contribution in [0, 0.1) is 0 Å². The lowest BCUT2D eigenvalue weighted by Crippen LogP contribution is -2.21. The normalized spacial score (nSPS) is 13.5. The molecule has 1 aromatic rings. The number of sulfone groups is 1. The van der Waals surface area contributed by atoms with E-state index in [0.717, 1.165) is 12.1 Å². The minimum absolute atomic E-state index is 0.0394. The second-order valence-electron chi connectivity index (χ2n) is 4.03. The smallest absolute Gasteiger partial charge is 0.341 e. The molecule has 0 bridgehead atoms. The Morgan fingerprint density at radius 2 is 1.84 bits per heavy atom. The van der Waals surface area contributed by atoms with Crippen molar-refractivity contribution in [2.24, 2.45) is 0 Å². The summed E-state index contributed by atoms with van der Waals surface area (Å²) in [5, 5.41) is 3.08. The second kappa shape index (κ2) is 6.81. The summed E-state index contributed by atoms with van der Waals surface area (Å²) in [7, 11) is -4.52. The zero-order chi connectivity index (χ0) is 14.5. The predicted molar refractivity (Wildman–Crippen MR) is 69.2 cm³/mol. The molecule has 0 aliphatic rings. The van der Waals surface area contributed by atoms with Crippen LogP contribution in [0.5, 0.6) is 0 Å². The Morgan fingerprint density at radius 3 is 2.32 bits per heavy atom. The van der Waals surface area contributed by atoms with E-state index in [-0.39, 0.29) is 10.9 Å². The molecule has 0 saturated heterocycles. The topological polar surface area (TPSA) is 55.4 Å². The summed E-state index contributed by atoms with van der Waals surface area (Å²) in [5.74, 6) is -3.40. The highest BCUT2D eigenvalue weighted by atomic mass is 32.2. The minimum atomic E-state index is -4.52. The molecule has 0 amide bonds. The molecule has 108 valence electrons. The lowest BCUT2D eigenvalue weighted by atomic mass is 10.3. The highest BCUT2D eigenvalue weighted by Gasteiger charge is 2.26. The van der Waals surface area contributed by atoms with Gasteiger partial charge in [0.05, 0.1) is 11.5 Å². The summed E-state index contributed by atoms with van der Waals surface area (Å²) >= 11 is 0. The number of nitrogens with one attached hydrogen (secondary N) is 1. The first-order valence-electron chi connectivity index (χ1n) is 5.84. The van der Waals surface area contributed by atoms with Crippen molar-refractivity contribution in [3.8, 4) is 0 Å². The molecule has 7 heteroatoms. The van der Waals surface area contributed by atoms with Gasteiger partial charge in [0.2, 0.25) is 9.84 Å². The van der Waals surface area contributed by atoms with E-state index >= 15 is 0 Å². The van der Waals surface area contributed by atoms with Crippen LogP contribution in [0.3, 0.4) is 0 Å². The lowest BCUT2D eigenvalue weighted by Gasteiger charge is -2.15. The van der Waals surface area contributed by atoms with Crippen LogP contribution in [0.4, 0.5) is 14.5 Å². The van der Waals surface area contributed by atoms with Gasteiger partial charge in [-0.3, -0.25) is 0 Å². The van der Waals surface area contributed by atoms with Gasteiger partial charge in [0.25, 0.3) is 0 Å². The number of ether oxygens (including phenoxy) is 1. The molecule has 0 spiro atoms. The molecule has 1 N–H and O–H groups in total. The van der Waals surface area contributed by atoms with Crippen molar-refractivity contribution < 1.29 is 21.9 Å². The van der Waals surface area contributed by atoms with E-state index in [1.54, 1.807) is 0 Å². The summed E-state index contributed by atoms with van der Waals surface area (Å²) in [4.78, 5) is -0.384. The lowest BCUT2D eigenvalue weighted by molar-refractivity contribution is 0.141.